The molecule has 318 valence electrons. The minimum absolute atomic E-state index is 0.263. The number of hydrogen-bond acceptors (Lipinski definition) is 1. The van der Waals surface area contributed by atoms with E-state index in [4.69, 9.17) is 0 Å². The Morgan fingerprint density at radius 1 is 0.348 bits per heavy atom. The molecule has 0 aliphatic heterocycles. The van der Waals surface area contributed by atoms with Crippen molar-refractivity contribution in [3.8, 4) is 62.0 Å². The zero-order chi connectivity index (χ0) is 45.3. The van der Waals surface area contributed by atoms with Gasteiger partial charge in [0.25, 0.3) is 0 Å². The molecule has 0 amide bonds. The summed E-state index contributed by atoms with van der Waals surface area (Å²) in [5.74, 6) is 0. The summed E-state index contributed by atoms with van der Waals surface area (Å²) in [6, 6.07) is 61.6. The van der Waals surface area contributed by atoms with Gasteiger partial charge in [-0.3, -0.25) is 0 Å². The summed E-state index contributed by atoms with van der Waals surface area (Å²) in [4.78, 5) is 0. The van der Waals surface area contributed by atoms with E-state index in [-0.39, 0.29) is 5.56 Å². The van der Waals surface area contributed by atoms with Gasteiger partial charge in [-0.05, 0) is 94.5 Å². The highest BCUT2D eigenvalue weighted by molar-refractivity contribution is 6.13. The Labute approximate surface area is 374 Å². The summed E-state index contributed by atoms with van der Waals surface area (Å²) in [7, 11) is 0. The molecule has 9 heteroatoms. The molecule has 0 radical (unpaired) electrons. The lowest BCUT2D eigenvalue weighted by Crippen LogP contribution is -2.14. The number of rotatable bonds is 6. The number of aromatic nitrogens is 2. The molecule has 11 rings (SSSR count). The highest BCUT2D eigenvalue weighted by atomic mass is 19.4. The molecular formula is C57H33F6N3. The molecule has 0 N–H and O–H groups in total. The van der Waals surface area contributed by atoms with Gasteiger partial charge in [-0.25, -0.2) is 0 Å². The van der Waals surface area contributed by atoms with Crippen LogP contribution in [0.1, 0.15) is 16.7 Å². The zero-order valence-electron chi connectivity index (χ0n) is 34.7. The van der Waals surface area contributed by atoms with Crippen molar-refractivity contribution >= 4 is 43.6 Å². The van der Waals surface area contributed by atoms with Gasteiger partial charge < -0.3 is 9.13 Å². The van der Waals surface area contributed by atoms with Gasteiger partial charge in [0.1, 0.15) is 0 Å². The molecular weight excluding hydrogens is 841 g/mol. The average Bonchev–Trinajstić information content (AvgIpc) is 3.85. The molecule has 0 fully saturated rings. The molecule has 0 saturated heterocycles. The molecule has 0 atom stereocenters. The van der Waals surface area contributed by atoms with E-state index >= 15 is 0 Å². The van der Waals surface area contributed by atoms with Crippen molar-refractivity contribution in [1.29, 1.82) is 5.26 Å². The molecule has 3 nitrogen and oxygen atoms in total. The molecule has 0 aliphatic carbocycles. The second-order valence-corrected chi connectivity index (χ2v) is 16.2. The van der Waals surface area contributed by atoms with Crippen LogP contribution in [0.2, 0.25) is 0 Å². The molecule has 0 saturated carbocycles. The van der Waals surface area contributed by atoms with E-state index in [1.165, 1.54) is 12.1 Å². The Morgan fingerprint density at radius 2 is 0.773 bits per heavy atom. The monoisotopic (exact) mass is 873 g/mol. The second-order valence-electron chi connectivity index (χ2n) is 16.2. The second kappa shape index (κ2) is 15.4. The summed E-state index contributed by atoms with van der Waals surface area (Å²) in [5, 5.41) is 13.9. The number of nitriles is 1. The van der Waals surface area contributed by atoms with Crippen LogP contribution in [0.5, 0.6) is 0 Å². The third-order valence-corrected chi connectivity index (χ3v) is 12.4. The van der Waals surface area contributed by atoms with Crippen molar-refractivity contribution in [3.63, 3.8) is 0 Å². The Balaban J connectivity index is 1.25. The van der Waals surface area contributed by atoms with E-state index in [0.29, 0.717) is 51.2 Å². The predicted octanol–water partition coefficient (Wildman–Crippen LogP) is 16.5. The van der Waals surface area contributed by atoms with Gasteiger partial charge in [0.05, 0.1) is 56.2 Å². The fraction of sp³-hybridized carbons (Fsp3) is 0.0351. The summed E-state index contributed by atoms with van der Waals surface area (Å²) < 4.78 is 93.2. The van der Waals surface area contributed by atoms with Gasteiger partial charge in [-0.2, -0.15) is 31.6 Å². The smallest absolute Gasteiger partial charge is 0.309 e. The highest BCUT2D eigenvalue weighted by Crippen LogP contribution is 2.48. The van der Waals surface area contributed by atoms with Gasteiger partial charge >= 0.3 is 12.4 Å². The van der Waals surface area contributed by atoms with E-state index in [1.54, 1.807) is 24.3 Å². The maximum Gasteiger partial charge on any atom is 0.417 e. The number of halogens is 6. The lowest BCUT2D eigenvalue weighted by molar-refractivity contribution is -0.142. The first-order valence-corrected chi connectivity index (χ1v) is 21.1. The van der Waals surface area contributed by atoms with E-state index in [1.807, 2.05) is 138 Å². The van der Waals surface area contributed by atoms with Crippen molar-refractivity contribution in [2.75, 3.05) is 0 Å². The van der Waals surface area contributed by atoms with E-state index in [2.05, 4.69) is 22.8 Å². The number of fused-ring (bicyclic) bond motifs is 6. The van der Waals surface area contributed by atoms with Crippen LogP contribution in [-0.2, 0) is 12.4 Å². The number of benzene rings is 9. The quantitative estimate of drug-likeness (QED) is 0.153. The lowest BCUT2D eigenvalue weighted by Gasteiger charge is -2.22. The summed E-state index contributed by atoms with van der Waals surface area (Å²) >= 11 is 0. The van der Waals surface area contributed by atoms with Crippen molar-refractivity contribution in [2.24, 2.45) is 0 Å². The van der Waals surface area contributed by atoms with Gasteiger partial charge in [-0.1, -0.05) is 133 Å². The Hall–Kier alpha value is -8.35. The molecule has 0 aliphatic rings. The molecule has 2 heterocycles. The number of hydrogen-bond donors (Lipinski definition) is 0. The van der Waals surface area contributed by atoms with Crippen LogP contribution in [-0.4, -0.2) is 9.13 Å². The molecule has 2 aromatic heterocycles. The summed E-state index contributed by atoms with van der Waals surface area (Å²) in [6.45, 7) is 0. The molecule has 11 aromatic rings. The average molecular weight is 874 g/mol. The van der Waals surface area contributed by atoms with Crippen LogP contribution < -0.4 is 0 Å². The molecule has 66 heavy (non-hydrogen) atoms. The SMILES string of the molecule is N#Cc1ccc(-c2ccc(-c3c(C(F)(F)F)cccc3C(F)(F)F)cc2-n2c3ccccc3c3cc(-c4ccccc4)ccc32)c(-n2c3ccccc3c3cc(-c4ccccc4)ccc32)c1. The Kier molecular flexibility index (Phi) is 9.45. The zero-order valence-corrected chi connectivity index (χ0v) is 34.7. The van der Waals surface area contributed by atoms with Crippen LogP contribution in [0.25, 0.3) is 99.5 Å². The van der Waals surface area contributed by atoms with Crippen LogP contribution in [0.4, 0.5) is 26.3 Å². The van der Waals surface area contributed by atoms with E-state index in [0.717, 1.165) is 60.9 Å². The van der Waals surface area contributed by atoms with Crippen LogP contribution in [0.15, 0.2) is 200 Å². The van der Waals surface area contributed by atoms with Crippen LogP contribution in [0.3, 0.4) is 0 Å². The normalized spacial score (nSPS) is 12.1. The fourth-order valence-corrected chi connectivity index (χ4v) is 9.53. The number of para-hydroxylation sites is 2. The van der Waals surface area contributed by atoms with Crippen molar-refractivity contribution < 1.29 is 26.3 Å². The molecule has 0 unspecified atom stereocenters. The first-order valence-electron chi connectivity index (χ1n) is 21.1. The predicted molar refractivity (Wildman–Crippen MR) is 252 cm³/mol. The largest absolute Gasteiger partial charge is 0.417 e. The van der Waals surface area contributed by atoms with Gasteiger partial charge in [0.2, 0.25) is 0 Å². The fourth-order valence-electron chi connectivity index (χ4n) is 9.53. The van der Waals surface area contributed by atoms with Crippen molar-refractivity contribution in [3.05, 3.63) is 217 Å². The number of nitrogens with zero attached hydrogens (tertiary/aromatic N) is 3. The third kappa shape index (κ3) is 6.69. The summed E-state index contributed by atoms with van der Waals surface area (Å²) in [5.41, 5.74) is 5.40. The minimum atomic E-state index is -5.10. The Bertz CT molecular complexity index is 3710. The minimum Gasteiger partial charge on any atom is -0.309 e. The Morgan fingerprint density at radius 3 is 1.26 bits per heavy atom. The maximum absolute atomic E-state index is 14.9. The van der Waals surface area contributed by atoms with Gasteiger partial charge in [-0.15, -0.1) is 0 Å². The summed E-state index contributed by atoms with van der Waals surface area (Å²) in [6.07, 6.45) is -10.2. The first-order chi connectivity index (χ1) is 32.0. The molecule has 0 spiro atoms. The van der Waals surface area contributed by atoms with Crippen LogP contribution >= 0.6 is 0 Å². The maximum atomic E-state index is 14.9. The lowest BCUT2D eigenvalue weighted by atomic mass is 9.90. The standard InChI is InChI=1S/C57H33F6N3/c58-56(59,60)47-18-11-19-48(57(61,62)63)55(47)40-23-27-44(54(33-40)66-50-21-10-8-17-42(50)46-32-39(25-29-52(46)66)37-14-5-2-6-15-37)43-26-22-35(34-64)30-53(43)65-49-20-9-7-16-41(49)45-31-38(24-28-51(45)65)36-12-3-1-4-13-36/h1-33H. The van der Waals surface area contributed by atoms with Gasteiger partial charge in [0, 0.05) is 38.2 Å². The highest BCUT2D eigenvalue weighted by Gasteiger charge is 2.41. The van der Waals surface area contributed by atoms with Crippen molar-refractivity contribution in [1.82, 2.24) is 9.13 Å². The van der Waals surface area contributed by atoms with Crippen LogP contribution in [0, 0.1) is 11.3 Å². The van der Waals surface area contributed by atoms with Gasteiger partial charge in [0.15, 0.2) is 0 Å². The van der Waals surface area contributed by atoms with Crippen molar-refractivity contribution in [2.45, 2.75) is 12.4 Å². The molecule has 0 bridgehead atoms. The number of alkyl halides is 6. The third-order valence-electron chi connectivity index (χ3n) is 12.4. The topological polar surface area (TPSA) is 33.6 Å². The molecule has 9 aromatic carbocycles. The van der Waals surface area contributed by atoms with E-state index < -0.39 is 29.0 Å². The first kappa shape index (κ1) is 40.4. The van der Waals surface area contributed by atoms with E-state index in [9.17, 15) is 31.6 Å².